The molecule has 0 aliphatic carbocycles. The average molecular weight is 428 g/mol. The number of aryl methyl sites for hydroxylation is 1. The third-order valence-corrected chi connectivity index (χ3v) is 5.36. The molecule has 0 aliphatic heterocycles. The van der Waals surface area contributed by atoms with E-state index in [0.29, 0.717) is 29.5 Å². The van der Waals surface area contributed by atoms with Gasteiger partial charge in [0.1, 0.15) is 5.75 Å². The van der Waals surface area contributed by atoms with Gasteiger partial charge >= 0.3 is 0 Å². The molecule has 1 aromatic heterocycles. The number of nitrogens with one attached hydrogen (secondary N) is 1. The fourth-order valence-electron chi connectivity index (χ4n) is 3.35. The van der Waals surface area contributed by atoms with Crippen molar-refractivity contribution in [3.8, 4) is 28.7 Å². The highest BCUT2D eigenvalue weighted by Crippen LogP contribution is 2.32. The first-order valence-corrected chi connectivity index (χ1v) is 10.6. The van der Waals surface area contributed by atoms with Crippen LogP contribution in [0.3, 0.4) is 0 Å². The number of nitrogens with zero attached hydrogens (tertiary/aromatic N) is 2. The fourth-order valence-corrected chi connectivity index (χ4v) is 3.35. The van der Waals surface area contributed by atoms with Crippen molar-refractivity contribution >= 4 is 11.6 Å². The van der Waals surface area contributed by atoms with E-state index < -0.39 is 6.10 Å². The van der Waals surface area contributed by atoms with E-state index in [0.717, 1.165) is 22.4 Å². The van der Waals surface area contributed by atoms with Crippen LogP contribution in [0.2, 0.25) is 0 Å². The molecule has 0 radical (unpaired) electrons. The summed E-state index contributed by atoms with van der Waals surface area (Å²) in [6, 6.07) is 22.8. The molecule has 0 bridgehead atoms. The number of benzene rings is 3. The van der Waals surface area contributed by atoms with Gasteiger partial charge in [0, 0.05) is 11.3 Å². The lowest BCUT2D eigenvalue weighted by Gasteiger charge is -2.19. The Bertz CT molecular complexity index is 1220. The Kier molecular flexibility index (Phi) is 6.31. The fraction of sp³-hybridized carbons (Fsp3) is 0.192. The van der Waals surface area contributed by atoms with Gasteiger partial charge in [0.25, 0.3) is 11.8 Å². The van der Waals surface area contributed by atoms with Crippen molar-refractivity contribution in [2.75, 3.05) is 5.32 Å². The molecule has 4 rings (SSSR count). The molecular weight excluding hydrogens is 402 g/mol. The summed E-state index contributed by atoms with van der Waals surface area (Å²) in [6.07, 6.45) is -0.169. The van der Waals surface area contributed by atoms with E-state index >= 15 is 0 Å². The molecule has 4 aromatic rings. The van der Waals surface area contributed by atoms with Gasteiger partial charge in [0.2, 0.25) is 5.89 Å². The minimum atomic E-state index is -0.674. The second kappa shape index (κ2) is 9.47. The van der Waals surface area contributed by atoms with Crippen LogP contribution in [0.25, 0.3) is 22.9 Å². The maximum absolute atomic E-state index is 13.0. The van der Waals surface area contributed by atoms with E-state index in [1.165, 1.54) is 0 Å². The summed E-state index contributed by atoms with van der Waals surface area (Å²) < 4.78 is 12.0. The minimum absolute atomic E-state index is 0.202. The Hall–Kier alpha value is -3.93. The lowest BCUT2D eigenvalue weighted by molar-refractivity contribution is -0.122. The number of rotatable bonds is 7. The largest absolute Gasteiger partial charge is 0.480 e. The smallest absolute Gasteiger partial charge is 0.265 e. The number of para-hydroxylation sites is 1. The molecule has 0 aliphatic rings. The highest BCUT2D eigenvalue weighted by molar-refractivity contribution is 5.95. The highest BCUT2D eigenvalue weighted by atomic mass is 16.5. The maximum Gasteiger partial charge on any atom is 0.265 e. The van der Waals surface area contributed by atoms with Gasteiger partial charge in [-0.05, 0) is 61.7 Å². The van der Waals surface area contributed by atoms with Crippen molar-refractivity contribution < 1.29 is 13.9 Å². The number of carbonyl (C=O) groups is 1. The van der Waals surface area contributed by atoms with E-state index in [-0.39, 0.29) is 5.91 Å². The summed E-state index contributed by atoms with van der Waals surface area (Å²) in [5.74, 6) is 1.07. The van der Waals surface area contributed by atoms with Crippen molar-refractivity contribution in [2.24, 2.45) is 0 Å². The van der Waals surface area contributed by atoms with Gasteiger partial charge < -0.3 is 14.5 Å². The summed E-state index contributed by atoms with van der Waals surface area (Å²) in [4.78, 5) is 13.0. The SMILES string of the molecule is CC[C@H](Oc1ccccc1-c1nnc(-c2ccccc2)o1)C(=O)Nc1cccc(C)c1C. The van der Waals surface area contributed by atoms with E-state index in [1.807, 2.05) is 87.5 Å². The van der Waals surface area contributed by atoms with Gasteiger partial charge in [-0.25, -0.2) is 0 Å². The Morgan fingerprint density at radius 3 is 2.44 bits per heavy atom. The van der Waals surface area contributed by atoms with Crippen LogP contribution >= 0.6 is 0 Å². The van der Waals surface area contributed by atoms with Crippen LogP contribution in [0.5, 0.6) is 5.75 Å². The lowest BCUT2D eigenvalue weighted by atomic mass is 10.1. The molecule has 1 amide bonds. The van der Waals surface area contributed by atoms with Crippen molar-refractivity contribution in [3.63, 3.8) is 0 Å². The molecule has 1 N–H and O–H groups in total. The van der Waals surface area contributed by atoms with Gasteiger partial charge in [-0.1, -0.05) is 49.4 Å². The van der Waals surface area contributed by atoms with Gasteiger partial charge in [0.05, 0.1) is 5.56 Å². The predicted octanol–water partition coefficient (Wildman–Crippen LogP) is 5.82. The normalized spacial score (nSPS) is 11.7. The van der Waals surface area contributed by atoms with E-state index in [9.17, 15) is 4.79 Å². The van der Waals surface area contributed by atoms with Gasteiger partial charge in [0.15, 0.2) is 6.10 Å². The average Bonchev–Trinajstić information content (AvgIpc) is 3.31. The summed E-state index contributed by atoms with van der Waals surface area (Å²) >= 11 is 0. The predicted molar refractivity (Wildman–Crippen MR) is 124 cm³/mol. The Morgan fingerprint density at radius 1 is 0.938 bits per heavy atom. The molecule has 1 atom stereocenters. The molecule has 3 aromatic carbocycles. The first kappa shape index (κ1) is 21.3. The van der Waals surface area contributed by atoms with Crippen molar-refractivity contribution in [1.29, 1.82) is 0 Å². The highest BCUT2D eigenvalue weighted by Gasteiger charge is 2.22. The van der Waals surface area contributed by atoms with Crippen LogP contribution in [0.15, 0.2) is 77.2 Å². The van der Waals surface area contributed by atoms with E-state index in [1.54, 1.807) is 6.07 Å². The molecule has 32 heavy (non-hydrogen) atoms. The van der Waals surface area contributed by atoms with E-state index in [2.05, 4.69) is 15.5 Å². The quantitative estimate of drug-likeness (QED) is 0.402. The maximum atomic E-state index is 13.0. The number of carbonyl (C=O) groups excluding carboxylic acids is 1. The topological polar surface area (TPSA) is 77.2 Å². The van der Waals surface area contributed by atoms with Crippen molar-refractivity contribution in [2.45, 2.75) is 33.3 Å². The zero-order valence-corrected chi connectivity index (χ0v) is 18.3. The zero-order chi connectivity index (χ0) is 22.5. The third-order valence-electron chi connectivity index (χ3n) is 5.36. The summed E-state index contributed by atoms with van der Waals surface area (Å²) in [5, 5.41) is 11.3. The zero-order valence-electron chi connectivity index (χ0n) is 18.3. The molecule has 1 heterocycles. The molecule has 0 saturated heterocycles. The second-order valence-electron chi connectivity index (χ2n) is 7.53. The minimum Gasteiger partial charge on any atom is -0.480 e. The molecular formula is C26H25N3O3. The first-order chi connectivity index (χ1) is 15.6. The molecule has 0 unspecified atom stereocenters. The summed E-state index contributed by atoms with van der Waals surface area (Å²) in [5.41, 5.74) is 4.42. The number of hydrogen-bond acceptors (Lipinski definition) is 5. The summed E-state index contributed by atoms with van der Waals surface area (Å²) in [7, 11) is 0. The van der Waals surface area contributed by atoms with Gasteiger partial charge in [-0.15, -0.1) is 10.2 Å². The number of hydrogen-bond donors (Lipinski definition) is 1. The van der Waals surface area contributed by atoms with Gasteiger partial charge in [-0.2, -0.15) is 0 Å². The molecule has 0 fully saturated rings. The van der Waals surface area contributed by atoms with Gasteiger partial charge in [-0.3, -0.25) is 4.79 Å². The lowest BCUT2D eigenvalue weighted by Crippen LogP contribution is -2.32. The van der Waals surface area contributed by atoms with Crippen LogP contribution in [-0.2, 0) is 4.79 Å². The number of ether oxygens (including phenoxy) is 1. The number of anilines is 1. The second-order valence-corrected chi connectivity index (χ2v) is 7.53. The molecule has 162 valence electrons. The van der Waals surface area contributed by atoms with Crippen LogP contribution < -0.4 is 10.1 Å². The summed E-state index contributed by atoms with van der Waals surface area (Å²) in [6.45, 7) is 5.92. The standard InChI is InChI=1S/C26H25N3O3/c1-4-22(24(30)27-21-15-10-11-17(2)18(21)3)31-23-16-9-8-14-20(23)26-29-28-25(32-26)19-12-6-5-7-13-19/h5-16,22H,4H2,1-3H3,(H,27,30)/t22-/m0/s1. The third kappa shape index (κ3) is 4.54. The number of aromatic nitrogens is 2. The monoisotopic (exact) mass is 427 g/mol. The van der Waals surface area contributed by atoms with Crippen LogP contribution in [-0.4, -0.2) is 22.2 Å². The molecule has 0 spiro atoms. The Morgan fingerprint density at radius 2 is 1.66 bits per heavy atom. The Balaban J connectivity index is 1.56. The van der Waals surface area contributed by atoms with Crippen molar-refractivity contribution in [3.05, 3.63) is 83.9 Å². The molecule has 6 heteroatoms. The van der Waals surface area contributed by atoms with Crippen LogP contribution in [0, 0.1) is 13.8 Å². The first-order valence-electron chi connectivity index (χ1n) is 10.6. The molecule has 6 nitrogen and oxygen atoms in total. The molecule has 0 saturated carbocycles. The van der Waals surface area contributed by atoms with Crippen molar-refractivity contribution in [1.82, 2.24) is 10.2 Å². The van der Waals surface area contributed by atoms with E-state index in [4.69, 9.17) is 9.15 Å². The van der Waals surface area contributed by atoms with Crippen LogP contribution in [0.1, 0.15) is 24.5 Å². The Labute approximate surface area is 187 Å². The number of amides is 1. The van der Waals surface area contributed by atoms with Crippen LogP contribution in [0.4, 0.5) is 5.69 Å².